The molecule has 118 valence electrons. The van der Waals surface area contributed by atoms with Gasteiger partial charge in [0.1, 0.15) is 0 Å². The number of amides is 1. The molecule has 1 fully saturated rings. The van der Waals surface area contributed by atoms with Crippen molar-refractivity contribution in [2.45, 2.75) is 32.7 Å². The smallest absolute Gasteiger partial charge is 0.220 e. The van der Waals surface area contributed by atoms with Crippen LogP contribution in [0.5, 0.6) is 0 Å². The van der Waals surface area contributed by atoms with Crippen molar-refractivity contribution in [3.8, 4) is 0 Å². The van der Waals surface area contributed by atoms with Crippen molar-refractivity contribution < 1.29 is 4.79 Å². The lowest BCUT2D eigenvalue weighted by molar-refractivity contribution is -0.122. The minimum absolute atomic E-state index is 0. The van der Waals surface area contributed by atoms with Gasteiger partial charge in [0, 0.05) is 17.4 Å². The monoisotopic (exact) mass is 374 g/mol. The summed E-state index contributed by atoms with van der Waals surface area (Å²) in [5.41, 5.74) is 1.12. The molecule has 5 heteroatoms. The lowest BCUT2D eigenvalue weighted by Gasteiger charge is -2.28. The number of carbonyl (C=O) groups is 1. The standard InChI is InChI=1S/C16H23BrN2O.ClH/c1-12(13-6-4-8-18-10-13)9-16(20)19-11-14-5-2-3-7-15(14)17;/h2-3,5,7,12-13,18H,4,6,8-11H2,1H3,(H,19,20);1H. The molecule has 3 nitrogen and oxygen atoms in total. The molecule has 2 rings (SSSR count). The van der Waals surface area contributed by atoms with Crippen LogP contribution in [0.4, 0.5) is 0 Å². The van der Waals surface area contributed by atoms with E-state index >= 15 is 0 Å². The molecular weight excluding hydrogens is 352 g/mol. The summed E-state index contributed by atoms with van der Waals surface area (Å²) >= 11 is 3.50. The van der Waals surface area contributed by atoms with Crippen molar-refractivity contribution in [1.29, 1.82) is 0 Å². The molecular formula is C16H24BrClN2O. The first kappa shape index (κ1) is 18.5. The molecule has 0 saturated carbocycles. The minimum Gasteiger partial charge on any atom is -0.352 e. The van der Waals surface area contributed by atoms with Crippen molar-refractivity contribution in [2.24, 2.45) is 11.8 Å². The second-order valence-corrected chi connectivity index (χ2v) is 6.51. The zero-order valence-electron chi connectivity index (χ0n) is 12.4. The van der Waals surface area contributed by atoms with Crippen LogP contribution in [-0.4, -0.2) is 19.0 Å². The fourth-order valence-corrected chi connectivity index (χ4v) is 3.16. The summed E-state index contributed by atoms with van der Waals surface area (Å²) in [6.07, 6.45) is 3.09. The van der Waals surface area contributed by atoms with Crippen molar-refractivity contribution in [3.63, 3.8) is 0 Å². The van der Waals surface area contributed by atoms with E-state index in [1.165, 1.54) is 12.8 Å². The molecule has 0 aliphatic carbocycles. The summed E-state index contributed by atoms with van der Waals surface area (Å²) in [5, 5.41) is 6.44. The van der Waals surface area contributed by atoms with E-state index in [1.54, 1.807) is 0 Å². The number of nitrogens with one attached hydrogen (secondary N) is 2. The molecule has 1 heterocycles. The average molecular weight is 376 g/mol. The highest BCUT2D eigenvalue weighted by atomic mass is 79.9. The van der Waals surface area contributed by atoms with E-state index in [-0.39, 0.29) is 18.3 Å². The Hall–Kier alpha value is -0.580. The third kappa shape index (κ3) is 5.97. The zero-order chi connectivity index (χ0) is 14.4. The van der Waals surface area contributed by atoms with Gasteiger partial charge in [-0.05, 0) is 49.4 Å². The van der Waals surface area contributed by atoms with Crippen LogP contribution >= 0.6 is 28.3 Å². The predicted octanol–water partition coefficient (Wildman–Crippen LogP) is 3.51. The maximum Gasteiger partial charge on any atom is 0.220 e. The third-order valence-electron chi connectivity index (χ3n) is 4.08. The van der Waals surface area contributed by atoms with Crippen LogP contribution in [0.25, 0.3) is 0 Å². The number of halogens is 2. The van der Waals surface area contributed by atoms with Crippen LogP contribution in [0.2, 0.25) is 0 Å². The largest absolute Gasteiger partial charge is 0.352 e. The number of hydrogen-bond acceptors (Lipinski definition) is 2. The molecule has 0 spiro atoms. The van der Waals surface area contributed by atoms with E-state index < -0.39 is 0 Å². The second-order valence-electron chi connectivity index (χ2n) is 5.66. The Balaban J connectivity index is 0.00000220. The minimum atomic E-state index is 0. The first-order valence-corrected chi connectivity index (χ1v) is 8.17. The van der Waals surface area contributed by atoms with E-state index in [2.05, 4.69) is 33.5 Å². The van der Waals surface area contributed by atoms with Crippen molar-refractivity contribution in [1.82, 2.24) is 10.6 Å². The molecule has 2 unspecified atom stereocenters. The molecule has 21 heavy (non-hydrogen) atoms. The van der Waals surface area contributed by atoms with Gasteiger partial charge in [-0.2, -0.15) is 0 Å². The van der Waals surface area contributed by atoms with Crippen LogP contribution in [0, 0.1) is 11.8 Å². The fourth-order valence-electron chi connectivity index (χ4n) is 2.73. The Morgan fingerprint density at radius 1 is 1.48 bits per heavy atom. The van der Waals surface area contributed by atoms with Crippen LogP contribution in [0.15, 0.2) is 28.7 Å². The van der Waals surface area contributed by atoms with Crippen molar-refractivity contribution in [3.05, 3.63) is 34.3 Å². The van der Waals surface area contributed by atoms with E-state index in [0.717, 1.165) is 23.1 Å². The van der Waals surface area contributed by atoms with Gasteiger partial charge < -0.3 is 10.6 Å². The number of carbonyl (C=O) groups excluding carboxylic acids is 1. The first-order valence-electron chi connectivity index (χ1n) is 7.37. The second kappa shape index (κ2) is 9.44. The number of hydrogen-bond donors (Lipinski definition) is 2. The Morgan fingerprint density at radius 2 is 2.24 bits per heavy atom. The highest BCUT2D eigenvalue weighted by molar-refractivity contribution is 9.10. The van der Waals surface area contributed by atoms with Gasteiger partial charge in [-0.25, -0.2) is 0 Å². The molecule has 1 aromatic carbocycles. The number of piperidine rings is 1. The van der Waals surface area contributed by atoms with Crippen LogP contribution in [-0.2, 0) is 11.3 Å². The zero-order valence-corrected chi connectivity index (χ0v) is 14.8. The maximum atomic E-state index is 12.0. The summed E-state index contributed by atoms with van der Waals surface area (Å²) in [5.74, 6) is 1.24. The summed E-state index contributed by atoms with van der Waals surface area (Å²) in [6, 6.07) is 7.99. The topological polar surface area (TPSA) is 41.1 Å². The molecule has 0 aromatic heterocycles. The number of rotatable bonds is 5. The Morgan fingerprint density at radius 3 is 2.90 bits per heavy atom. The van der Waals surface area contributed by atoms with Gasteiger partial charge in [-0.3, -0.25) is 4.79 Å². The highest BCUT2D eigenvalue weighted by Crippen LogP contribution is 2.22. The Bertz CT molecular complexity index is 450. The lowest BCUT2D eigenvalue weighted by Crippen LogP contribution is -2.35. The first-order chi connectivity index (χ1) is 9.66. The SMILES string of the molecule is CC(CC(=O)NCc1ccccc1Br)C1CCCNC1.Cl. The van der Waals surface area contributed by atoms with Gasteiger partial charge in [0.05, 0.1) is 0 Å². The molecule has 0 bridgehead atoms. The third-order valence-corrected chi connectivity index (χ3v) is 4.85. The number of benzene rings is 1. The summed E-state index contributed by atoms with van der Waals surface area (Å²) in [6.45, 7) is 4.96. The van der Waals surface area contributed by atoms with Crippen LogP contribution in [0.1, 0.15) is 31.7 Å². The van der Waals surface area contributed by atoms with Crippen LogP contribution < -0.4 is 10.6 Å². The van der Waals surface area contributed by atoms with E-state index in [0.29, 0.717) is 24.8 Å². The highest BCUT2D eigenvalue weighted by Gasteiger charge is 2.21. The molecule has 0 radical (unpaired) electrons. The van der Waals surface area contributed by atoms with Crippen LogP contribution in [0.3, 0.4) is 0 Å². The Kier molecular flexibility index (Phi) is 8.30. The molecule has 1 saturated heterocycles. The molecule has 2 N–H and O–H groups in total. The summed E-state index contributed by atoms with van der Waals surface area (Å²) < 4.78 is 1.05. The van der Waals surface area contributed by atoms with Crippen molar-refractivity contribution >= 4 is 34.2 Å². The molecule has 1 amide bonds. The maximum absolute atomic E-state index is 12.0. The average Bonchev–Trinajstić information content (AvgIpc) is 2.47. The molecule has 1 aromatic rings. The Labute approximate surface area is 141 Å². The molecule has 2 atom stereocenters. The predicted molar refractivity (Wildman–Crippen MR) is 92.6 cm³/mol. The normalized spacial score (nSPS) is 19.4. The van der Waals surface area contributed by atoms with Crippen molar-refractivity contribution in [2.75, 3.05) is 13.1 Å². The lowest BCUT2D eigenvalue weighted by atomic mass is 9.85. The summed E-state index contributed by atoms with van der Waals surface area (Å²) in [4.78, 5) is 12.0. The van der Waals surface area contributed by atoms with E-state index in [1.807, 2.05) is 24.3 Å². The fraction of sp³-hybridized carbons (Fsp3) is 0.562. The van der Waals surface area contributed by atoms with E-state index in [4.69, 9.17) is 0 Å². The van der Waals surface area contributed by atoms with Gasteiger partial charge in [-0.1, -0.05) is 41.1 Å². The molecule has 1 aliphatic heterocycles. The quantitative estimate of drug-likeness (QED) is 0.827. The van der Waals surface area contributed by atoms with Gasteiger partial charge in [0.25, 0.3) is 0 Å². The van der Waals surface area contributed by atoms with E-state index in [9.17, 15) is 4.79 Å². The van der Waals surface area contributed by atoms with Gasteiger partial charge in [0.15, 0.2) is 0 Å². The van der Waals surface area contributed by atoms with Gasteiger partial charge in [0.2, 0.25) is 5.91 Å². The summed E-state index contributed by atoms with van der Waals surface area (Å²) in [7, 11) is 0. The van der Waals surface area contributed by atoms with Gasteiger partial charge in [-0.15, -0.1) is 12.4 Å². The van der Waals surface area contributed by atoms with Gasteiger partial charge >= 0.3 is 0 Å². The molecule has 1 aliphatic rings.